The number of aromatic nitrogens is 1. The second-order valence-corrected chi connectivity index (χ2v) is 8.02. The molecule has 0 radical (unpaired) electrons. The molecule has 0 saturated carbocycles. The lowest BCUT2D eigenvalue weighted by Crippen LogP contribution is -2.43. The number of amides is 2. The number of likely N-dealkylation sites (tertiary alicyclic amines) is 1. The summed E-state index contributed by atoms with van der Waals surface area (Å²) >= 11 is 1.51. The summed E-state index contributed by atoms with van der Waals surface area (Å²) < 4.78 is 0. The van der Waals surface area contributed by atoms with E-state index < -0.39 is 0 Å². The van der Waals surface area contributed by atoms with Crippen LogP contribution in [0.3, 0.4) is 0 Å². The minimum absolute atomic E-state index is 0.000798. The number of piperidine rings is 1. The molecule has 1 N–H and O–H groups in total. The van der Waals surface area contributed by atoms with Crippen molar-refractivity contribution in [2.75, 3.05) is 18.4 Å². The van der Waals surface area contributed by atoms with E-state index in [1.807, 2.05) is 38.1 Å². The normalized spacial score (nSPS) is 17.2. The molecule has 5 nitrogen and oxygen atoms in total. The van der Waals surface area contributed by atoms with Gasteiger partial charge in [-0.3, -0.25) is 9.59 Å². The van der Waals surface area contributed by atoms with Gasteiger partial charge in [-0.25, -0.2) is 4.98 Å². The third kappa shape index (κ3) is 4.12. The fourth-order valence-corrected chi connectivity index (χ4v) is 4.18. The number of thiazole rings is 1. The van der Waals surface area contributed by atoms with Gasteiger partial charge in [0.15, 0.2) is 5.13 Å². The Balaban J connectivity index is 1.64. The van der Waals surface area contributed by atoms with Gasteiger partial charge in [-0.15, -0.1) is 11.3 Å². The van der Waals surface area contributed by atoms with Gasteiger partial charge in [0.1, 0.15) is 0 Å². The Bertz CT molecular complexity index is 798. The predicted octanol–water partition coefficient (Wildman–Crippen LogP) is 3.81. The molecule has 1 atom stereocenters. The van der Waals surface area contributed by atoms with Crippen LogP contribution in [-0.2, 0) is 11.2 Å². The highest BCUT2D eigenvalue weighted by Gasteiger charge is 2.29. The molecule has 0 spiro atoms. The monoisotopic (exact) mass is 371 g/mol. The van der Waals surface area contributed by atoms with Crippen molar-refractivity contribution in [1.29, 1.82) is 0 Å². The third-order valence-electron chi connectivity index (χ3n) is 4.84. The van der Waals surface area contributed by atoms with Crippen molar-refractivity contribution in [3.05, 3.63) is 46.0 Å². The van der Waals surface area contributed by atoms with E-state index in [9.17, 15) is 9.59 Å². The highest BCUT2D eigenvalue weighted by atomic mass is 32.1. The van der Waals surface area contributed by atoms with E-state index in [2.05, 4.69) is 17.2 Å². The second kappa shape index (κ2) is 7.99. The zero-order valence-corrected chi connectivity index (χ0v) is 16.4. The Morgan fingerprint density at radius 2 is 2.00 bits per heavy atom. The lowest BCUT2D eigenvalue weighted by molar-refractivity contribution is -0.121. The van der Waals surface area contributed by atoms with E-state index in [1.54, 1.807) is 4.90 Å². The van der Waals surface area contributed by atoms with Gasteiger partial charge in [0.25, 0.3) is 5.91 Å². The number of hydrogen-bond donors (Lipinski definition) is 1. The number of carbonyl (C=O) groups excluding carboxylic acids is 2. The van der Waals surface area contributed by atoms with Crippen LogP contribution >= 0.6 is 11.3 Å². The highest BCUT2D eigenvalue weighted by Crippen LogP contribution is 2.25. The van der Waals surface area contributed by atoms with Gasteiger partial charge in [-0.2, -0.15) is 0 Å². The summed E-state index contributed by atoms with van der Waals surface area (Å²) in [7, 11) is 0. The minimum Gasteiger partial charge on any atom is -0.338 e. The molecule has 26 heavy (non-hydrogen) atoms. The standard InChI is InChI=1S/C20H25N3O2S/c1-4-17-14(3)26-20(21-17)22-18(24)16-6-5-11-23(12-16)19(25)15-9-7-13(2)8-10-15/h7-10,16H,4-6,11-12H2,1-3H3,(H,21,22,24)/t16-/m0/s1. The van der Waals surface area contributed by atoms with Crippen molar-refractivity contribution in [3.8, 4) is 0 Å². The first-order valence-electron chi connectivity index (χ1n) is 9.11. The maximum Gasteiger partial charge on any atom is 0.253 e. The SMILES string of the molecule is CCc1nc(NC(=O)[C@H]2CCCN(C(=O)c3ccc(C)cc3)C2)sc1C. The van der Waals surface area contributed by atoms with E-state index >= 15 is 0 Å². The Hall–Kier alpha value is -2.21. The Morgan fingerprint density at radius 3 is 2.65 bits per heavy atom. The number of carbonyl (C=O) groups is 2. The van der Waals surface area contributed by atoms with Crippen LogP contribution in [-0.4, -0.2) is 34.8 Å². The molecule has 6 heteroatoms. The van der Waals surface area contributed by atoms with Crippen molar-refractivity contribution < 1.29 is 9.59 Å². The topological polar surface area (TPSA) is 62.3 Å². The minimum atomic E-state index is -0.188. The quantitative estimate of drug-likeness (QED) is 0.889. The molecular weight excluding hydrogens is 346 g/mol. The summed E-state index contributed by atoms with van der Waals surface area (Å²) in [4.78, 5) is 32.8. The maximum absolute atomic E-state index is 12.7. The summed E-state index contributed by atoms with van der Waals surface area (Å²) in [6.07, 6.45) is 2.50. The van der Waals surface area contributed by atoms with Crippen molar-refractivity contribution in [3.63, 3.8) is 0 Å². The molecule has 1 aromatic carbocycles. The lowest BCUT2D eigenvalue weighted by atomic mass is 9.96. The zero-order chi connectivity index (χ0) is 18.7. The van der Waals surface area contributed by atoms with Crippen LogP contribution < -0.4 is 5.32 Å². The summed E-state index contributed by atoms with van der Waals surface area (Å²) in [6, 6.07) is 7.59. The summed E-state index contributed by atoms with van der Waals surface area (Å²) in [5.74, 6) is -0.226. The molecular formula is C20H25N3O2S. The van der Waals surface area contributed by atoms with Crippen molar-refractivity contribution in [2.45, 2.75) is 40.0 Å². The summed E-state index contributed by atoms with van der Waals surface area (Å²) in [5, 5.41) is 3.60. The van der Waals surface area contributed by atoms with Gasteiger partial charge in [-0.05, 0) is 45.2 Å². The highest BCUT2D eigenvalue weighted by molar-refractivity contribution is 7.15. The average Bonchev–Trinajstić information content (AvgIpc) is 3.01. The summed E-state index contributed by atoms with van der Waals surface area (Å²) in [5.41, 5.74) is 2.84. The molecule has 1 aliphatic rings. The number of benzene rings is 1. The molecule has 1 fully saturated rings. The average molecular weight is 372 g/mol. The molecule has 0 unspecified atom stereocenters. The molecule has 2 aromatic rings. The smallest absolute Gasteiger partial charge is 0.253 e. The molecule has 138 valence electrons. The second-order valence-electron chi connectivity index (χ2n) is 6.82. The number of rotatable bonds is 4. The number of nitrogens with one attached hydrogen (secondary N) is 1. The molecule has 0 aliphatic carbocycles. The largest absolute Gasteiger partial charge is 0.338 e. The van der Waals surface area contributed by atoms with Crippen LogP contribution in [0.2, 0.25) is 0 Å². The number of aryl methyl sites for hydroxylation is 3. The fraction of sp³-hybridized carbons (Fsp3) is 0.450. The van der Waals surface area contributed by atoms with Crippen LogP contribution in [0.4, 0.5) is 5.13 Å². The number of anilines is 1. The number of hydrogen-bond acceptors (Lipinski definition) is 4. The van der Waals surface area contributed by atoms with Crippen LogP contribution in [0.1, 0.15) is 46.3 Å². The van der Waals surface area contributed by atoms with Gasteiger partial charge in [0, 0.05) is 23.5 Å². The molecule has 3 rings (SSSR count). The molecule has 1 aliphatic heterocycles. The summed E-state index contributed by atoms with van der Waals surface area (Å²) in [6.45, 7) is 7.24. The third-order valence-corrected chi connectivity index (χ3v) is 5.76. The van der Waals surface area contributed by atoms with Gasteiger partial charge >= 0.3 is 0 Å². The van der Waals surface area contributed by atoms with E-state index in [0.29, 0.717) is 23.8 Å². The van der Waals surface area contributed by atoms with Crippen molar-refractivity contribution >= 4 is 28.3 Å². The zero-order valence-electron chi connectivity index (χ0n) is 15.5. The van der Waals surface area contributed by atoms with Crippen molar-refractivity contribution in [1.82, 2.24) is 9.88 Å². The first kappa shape index (κ1) is 18.6. The molecule has 1 saturated heterocycles. The fourth-order valence-electron chi connectivity index (χ4n) is 3.27. The van der Waals surface area contributed by atoms with E-state index in [0.717, 1.165) is 35.4 Å². The Labute approximate surface area is 158 Å². The van der Waals surface area contributed by atoms with E-state index in [4.69, 9.17) is 0 Å². The molecule has 2 amide bonds. The predicted molar refractivity (Wildman–Crippen MR) is 105 cm³/mol. The van der Waals surface area contributed by atoms with Crippen LogP contribution in [0, 0.1) is 19.8 Å². The maximum atomic E-state index is 12.7. The van der Waals surface area contributed by atoms with Gasteiger partial charge in [0.2, 0.25) is 5.91 Å². The molecule has 1 aromatic heterocycles. The van der Waals surface area contributed by atoms with Crippen LogP contribution in [0.25, 0.3) is 0 Å². The van der Waals surface area contributed by atoms with Crippen LogP contribution in [0.15, 0.2) is 24.3 Å². The first-order chi connectivity index (χ1) is 12.5. The van der Waals surface area contributed by atoms with E-state index in [1.165, 1.54) is 11.3 Å². The first-order valence-corrected chi connectivity index (χ1v) is 9.92. The lowest BCUT2D eigenvalue weighted by Gasteiger charge is -2.32. The Kier molecular flexibility index (Phi) is 5.71. The van der Waals surface area contributed by atoms with Crippen molar-refractivity contribution in [2.24, 2.45) is 5.92 Å². The van der Waals surface area contributed by atoms with Gasteiger partial charge < -0.3 is 10.2 Å². The van der Waals surface area contributed by atoms with Gasteiger partial charge in [0.05, 0.1) is 11.6 Å². The number of nitrogens with zero attached hydrogens (tertiary/aromatic N) is 2. The molecule has 0 bridgehead atoms. The van der Waals surface area contributed by atoms with Gasteiger partial charge in [-0.1, -0.05) is 24.6 Å². The van der Waals surface area contributed by atoms with E-state index in [-0.39, 0.29) is 17.7 Å². The molecule has 2 heterocycles. The Morgan fingerprint density at radius 1 is 1.27 bits per heavy atom. The van der Waals surface area contributed by atoms with Crippen LogP contribution in [0.5, 0.6) is 0 Å².